The van der Waals surface area contributed by atoms with Crippen LogP contribution in [0.2, 0.25) is 0 Å². The maximum Gasteiger partial charge on any atom is 0.226 e. The molecule has 0 bridgehead atoms. The molecule has 0 aromatic heterocycles. The fraction of sp³-hybridized carbons (Fsp3) is 0.676. The predicted octanol–water partition coefficient (Wildman–Crippen LogP) is 20.3. The molecule has 0 spiro atoms. The Hall–Kier alpha value is -4.50. The lowest BCUT2D eigenvalue weighted by Gasteiger charge is -2.42. The average molecular weight is 1060 g/mol. The van der Waals surface area contributed by atoms with E-state index < -0.39 is 0 Å². The average Bonchev–Trinajstić information content (AvgIpc) is 3.97. The third-order valence-corrected chi connectivity index (χ3v) is 16.1. The van der Waals surface area contributed by atoms with Gasteiger partial charge in [0, 0.05) is 50.4 Å². The number of benzene rings is 3. The Kier molecular flexibility index (Phi) is 35.1. The van der Waals surface area contributed by atoms with Gasteiger partial charge < -0.3 is 16.0 Å². The number of para-hydroxylation sites is 6. The van der Waals surface area contributed by atoms with Crippen LogP contribution in [0.15, 0.2) is 72.8 Å². The summed E-state index contributed by atoms with van der Waals surface area (Å²) in [7, 11) is 0. The van der Waals surface area contributed by atoms with Crippen molar-refractivity contribution in [2.75, 3.05) is 29.2 Å². The number of carbonyl (C=O) groups excluding carboxylic acids is 4. The fourth-order valence-corrected chi connectivity index (χ4v) is 11.5. The standard InChI is InChI=1S/C68H109N5O4/c1-4-7-10-13-16-19-22-25-28-31-34-37-53-65(74)69-59-47-40-43-50-62(59)73(58-72-57-46-56-68(72)77,63-51-44-41-48-60(63)70-66(75)54-38-35-32-29-26-23-20-17-14-11-8-5-2)64-52-45-42-49-61(64)71-67(76)55-39-36-33-30-27-24-21-18-15-12-9-6-3/h40-45,47-52H,4-39,46,53-58H2,1-3H3,(H2-,69,70,71,74,75,76)/p+1. The SMILES string of the molecule is CCCCCCCCCCCCCCC(=O)Nc1ccccc1[N+](CN1CCCC1=O)(c1ccccc1NC(=O)CCCCCCCCCCCCCC)c1ccccc1NC(=O)CCCCCCCCCCCCCC. The molecule has 9 nitrogen and oxygen atoms in total. The minimum absolute atomic E-state index is 0.0483. The van der Waals surface area contributed by atoms with Crippen molar-refractivity contribution in [2.45, 2.75) is 284 Å². The van der Waals surface area contributed by atoms with Gasteiger partial charge in [0.15, 0.2) is 23.7 Å². The van der Waals surface area contributed by atoms with Crippen molar-refractivity contribution in [2.24, 2.45) is 0 Å². The zero-order valence-corrected chi connectivity index (χ0v) is 49.4. The number of nitrogens with one attached hydrogen (secondary N) is 3. The van der Waals surface area contributed by atoms with Crippen LogP contribution in [-0.4, -0.2) is 41.7 Å². The van der Waals surface area contributed by atoms with E-state index in [0.29, 0.717) is 49.3 Å². The maximum atomic E-state index is 14.1. The van der Waals surface area contributed by atoms with Gasteiger partial charge in [-0.15, -0.1) is 0 Å². The number of carbonyl (C=O) groups is 4. The van der Waals surface area contributed by atoms with Gasteiger partial charge in [-0.25, -0.2) is 4.48 Å². The van der Waals surface area contributed by atoms with E-state index in [0.717, 1.165) is 81.3 Å². The molecule has 4 rings (SSSR count). The number of unbranched alkanes of at least 4 members (excludes halogenated alkanes) is 33. The first-order chi connectivity index (χ1) is 37.8. The summed E-state index contributed by atoms with van der Waals surface area (Å²) >= 11 is 0. The number of hydrogen-bond acceptors (Lipinski definition) is 4. The van der Waals surface area contributed by atoms with Crippen LogP contribution in [0, 0.1) is 0 Å². The van der Waals surface area contributed by atoms with Crippen molar-refractivity contribution in [1.29, 1.82) is 0 Å². The molecule has 77 heavy (non-hydrogen) atoms. The van der Waals surface area contributed by atoms with E-state index in [-0.39, 0.29) is 34.8 Å². The van der Waals surface area contributed by atoms with E-state index in [9.17, 15) is 19.2 Å². The van der Waals surface area contributed by atoms with Crippen molar-refractivity contribution in [3.8, 4) is 0 Å². The van der Waals surface area contributed by atoms with Gasteiger partial charge in [0.05, 0.1) is 0 Å². The number of nitrogens with zero attached hydrogens (tertiary/aromatic N) is 2. The van der Waals surface area contributed by atoms with Gasteiger partial charge in [0.2, 0.25) is 23.6 Å². The number of amides is 4. The first-order valence-electron chi connectivity index (χ1n) is 32.2. The third-order valence-electron chi connectivity index (χ3n) is 16.1. The lowest BCUT2D eigenvalue weighted by atomic mass is 10.0. The van der Waals surface area contributed by atoms with Crippen molar-refractivity contribution < 1.29 is 19.2 Å². The largest absolute Gasteiger partial charge is 0.321 e. The van der Waals surface area contributed by atoms with Gasteiger partial charge in [-0.3, -0.25) is 24.1 Å². The van der Waals surface area contributed by atoms with Crippen LogP contribution in [0.5, 0.6) is 0 Å². The molecule has 0 radical (unpaired) electrons. The minimum atomic E-state index is -0.0507. The molecule has 0 saturated carbocycles. The Labute approximate surface area is 470 Å². The van der Waals surface area contributed by atoms with Gasteiger partial charge in [-0.2, -0.15) is 0 Å². The number of rotatable bonds is 47. The molecule has 1 heterocycles. The minimum Gasteiger partial charge on any atom is -0.321 e. The quantitative estimate of drug-likeness (QED) is 0.0387. The van der Waals surface area contributed by atoms with E-state index >= 15 is 0 Å². The molecule has 9 heteroatoms. The highest BCUT2D eigenvalue weighted by Crippen LogP contribution is 2.53. The van der Waals surface area contributed by atoms with Gasteiger partial charge in [0.25, 0.3) is 0 Å². The Bertz CT molecular complexity index is 1850. The topological polar surface area (TPSA) is 108 Å². The zero-order valence-electron chi connectivity index (χ0n) is 49.4. The Morgan fingerprint density at radius 1 is 0.377 bits per heavy atom. The van der Waals surface area contributed by atoms with Gasteiger partial charge in [-0.1, -0.05) is 269 Å². The number of likely N-dealkylation sites (tertiary alicyclic amines) is 1. The second kappa shape index (κ2) is 41.5. The maximum absolute atomic E-state index is 14.1. The van der Waals surface area contributed by atoms with Crippen LogP contribution >= 0.6 is 0 Å². The number of quaternary nitrogens is 1. The zero-order chi connectivity index (χ0) is 54.9. The monoisotopic (exact) mass is 1060 g/mol. The van der Waals surface area contributed by atoms with Crippen molar-refractivity contribution >= 4 is 57.8 Å². The molecule has 1 aliphatic rings. The van der Waals surface area contributed by atoms with Crippen LogP contribution < -0.4 is 20.4 Å². The van der Waals surface area contributed by atoms with E-state index in [2.05, 4.69) is 36.7 Å². The molecule has 0 aliphatic carbocycles. The summed E-state index contributed by atoms with van der Waals surface area (Å²) in [6.45, 7) is 7.57. The smallest absolute Gasteiger partial charge is 0.226 e. The molecule has 430 valence electrons. The lowest BCUT2D eigenvalue weighted by molar-refractivity contribution is -0.128. The van der Waals surface area contributed by atoms with E-state index in [1.54, 1.807) is 0 Å². The Balaban J connectivity index is 1.56. The van der Waals surface area contributed by atoms with Crippen molar-refractivity contribution in [1.82, 2.24) is 9.38 Å². The molecule has 4 amide bonds. The van der Waals surface area contributed by atoms with Gasteiger partial charge in [-0.05, 0) is 43.9 Å². The van der Waals surface area contributed by atoms with Gasteiger partial charge >= 0.3 is 0 Å². The highest BCUT2D eigenvalue weighted by atomic mass is 16.2. The number of anilines is 3. The molecule has 3 N–H and O–H groups in total. The van der Waals surface area contributed by atoms with Crippen LogP contribution in [0.3, 0.4) is 0 Å². The highest BCUT2D eigenvalue weighted by Gasteiger charge is 2.45. The first-order valence-corrected chi connectivity index (χ1v) is 32.2. The van der Waals surface area contributed by atoms with Gasteiger partial charge in [0.1, 0.15) is 17.1 Å². The summed E-state index contributed by atoms with van der Waals surface area (Å²) in [6.07, 6.45) is 46.6. The lowest BCUT2D eigenvalue weighted by Crippen LogP contribution is -2.49. The normalized spacial score (nSPS) is 12.6. The third kappa shape index (κ3) is 25.9. The van der Waals surface area contributed by atoms with Crippen LogP contribution in [0.4, 0.5) is 34.1 Å². The highest BCUT2D eigenvalue weighted by molar-refractivity contribution is 6.02. The summed E-state index contributed by atoms with van der Waals surface area (Å²) < 4.78 is -0.0507. The van der Waals surface area contributed by atoms with E-state index in [1.807, 2.05) is 77.7 Å². The summed E-state index contributed by atoms with van der Waals surface area (Å²) in [5, 5.41) is 10.1. The summed E-state index contributed by atoms with van der Waals surface area (Å²) in [4.78, 5) is 58.1. The van der Waals surface area contributed by atoms with E-state index in [4.69, 9.17) is 0 Å². The Morgan fingerprint density at radius 3 is 0.870 bits per heavy atom. The molecule has 3 aromatic rings. The molecule has 3 aromatic carbocycles. The second-order valence-corrected chi connectivity index (χ2v) is 22.8. The molecular weight excluding hydrogens is 951 g/mol. The van der Waals surface area contributed by atoms with Crippen molar-refractivity contribution in [3.05, 3.63) is 72.8 Å². The number of hydrogen-bond donors (Lipinski definition) is 3. The molecular formula is C68H110N5O4+. The molecule has 1 fully saturated rings. The predicted molar refractivity (Wildman–Crippen MR) is 329 cm³/mol. The summed E-state index contributed by atoms with van der Waals surface area (Å²) in [5.74, 6) is -0.0865. The molecule has 0 atom stereocenters. The molecule has 1 aliphatic heterocycles. The van der Waals surface area contributed by atoms with E-state index in [1.165, 1.54) is 173 Å². The summed E-state index contributed by atoms with van der Waals surface area (Å²) in [5.41, 5.74) is 4.16. The van der Waals surface area contributed by atoms with Crippen molar-refractivity contribution in [3.63, 3.8) is 0 Å². The molecule has 0 unspecified atom stereocenters. The molecule has 1 saturated heterocycles. The first kappa shape index (κ1) is 65.0. The van der Waals surface area contributed by atoms with Crippen LogP contribution in [0.1, 0.15) is 284 Å². The second-order valence-electron chi connectivity index (χ2n) is 22.8. The van der Waals surface area contributed by atoms with Crippen LogP contribution in [0.25, 0.3) is 0 Å². The summed E-state index contributed by atoms with van der Waals surface area (Å²) in [6, 6.07) is 23.8. The fourth-order valence-electron chi connectivity index (χ4n) is 11.5. The Morgan fingerprint density at radius 2 is 0.623 bits per heavy atom. The van der Waals surface area contributed by atoms with Crippen LogP contribution in [-0.2, 0) is 19.2 Å².